The summed E-state index contributed by atoms with van der Waals surface area (Å²) in [6.45, 7) is 1.35. The summed E-state index contributed by atoms with van der Waals surface area (Å²) in [6.07, 6.45) is 2.49. The first-order chi connectivity index (χ1) is 8.85. The van der Waals surface area contributed by atoms with Crippen LogP contribution in [-0.2, 0) is 13.1 Å². The molecule has 0 amide bonds. The van der Waals surface area contributed by atoms with Gasteiger partial charge in [-0.25, -0.2) is 4.98 Å². The van der Waals surface area contributed by atoms with E-state index in [1.807, 2.05) is 12.1 Å². The fourth-order valence-electron chi connectivity index (χ4n) is 1.86. The third-order valence-corrected chi connectivity index (χ3v) is 3.74. The third-order valence-electron chi connectivity index (χ3n) is 3.06. The van der Waals surface area contributed by atoms with Crippen LogP contribution < -0.4 is 11.1 Å². The molecule has 1 aromatic heterocycles. The van der Waals surface area contributed by atoms with Gasteiger partial charge < -0.3 is 11.1 Å². The van der Waals surface area contributed by atoms with Crippen LogP contribution in [0.5, 0.6) is 0 Å². The van der Waals surface area contributed by atoms with Gasteiger partial charge in [0, 0.05) is 30.5 Å². The van der Waals surface area contributed by atoms with Crippen LogP contribution in [0.1, 0.15) is 35.7 Å². The van der Waals surface area contributed by atoms with Crippen molar-refractivity contribution >= 4 is 16.7 Å². The number of nitrogens with zero attached hydrogens (tertiary/aromatic N) is 2. The number of nitrogens with one attached hydrogen (secondary N) is 1. The number of nitrogens with two attached hydrogens (primary N) is 1. The number of rotatable bonds is 5. The smallest absolute Gasteiger partial charge is 0.202 e. The second kappa shape index (κ2) is 5.04. The van der Waals surface area contributed by atoms with E-state index in [1.54, 1.807) is 0 Å². The minimum absolute atomic E-state index is 0.582. The summed E-state index contributed by atoms with van der Waals surface area (Å²) < 4.78 is 4.37. The molecule has 1 aromatic carbocycles. The van der Waals surface area contributed by atoms with Gasteiger partial charge in [-0.3, -0.25) is 0 Å². The van der Waals surface area contributed by atoms with E-state index in [0.717, 1.165) is 23.1 Å². The fourth-order valence-corrected chi connectivity index (χ4v) is 2.50. The normalized spacial score (nSPS) is 14.7. The third kappa shape index (κ3) is 2.68. The number of anilines is 1. The zero-order chi connectivity index (χ0) is 12.4. The van der Waals surface area contributed by atoms with Gasteiger partial charge in [-0.05, 0) is 24.0 Å². The fraction of sp³-hybridized carbons (Fsp3) is 0.385. The molecule has 0 saturated heterocycles. The zero-order valence-electron chi connectivity index (χ0n) is 10.1. The topological polar surface area (TPSA) is 63.8 Å². The van der Waals surface area contributed by atoms with Crippen molar-refractivity contribution in [1.82, 2.24) is 9.36 Å². The summed E-state index contributed by atoms with van der Waals surface area (Å²) >= 11 is 1.45. The highest BCUT2D eigenvalue weighted by Crippen LogP contribution is 2.39. The molecule has 0 radical (unpaired) electrons. The Bertz CT molecular complexity index is 533. The van der Waals surface area contributed by atoms with Crippen molar-refractivity contribution in [3.05, 3.63) is 41.2 Å². The Hall–Kier alpha value is -1.46. The molecular formula is C13H16N4S. The molecule has 5 heteroatoms. The van der Waals surface area contributed by atoms with E-state index in [2.05, 4.69) is 26.8 Å². The molecule has 1 aliphatic rings. The molecule has 0 unspecified atom stereocenters. The molecule has 1 aliphatic carbocycles. The molecule has 0 atom stereocenters. The molecule has 1 fully saturated rings. The van der Waals surface area contributed by atoms with Gasteiger partial charge >= 0.3 is 0 Å². The van der Waals surface area contributed by atoms with Crippen LogP contribution in [-0.4, -0.2) is 9.36 Å². The summed E-state index contributed by atoms with van der Waals surface area (Å²) in [5, 5.41) is 4.23. The van der Waals surface area contributed by atoms with E-state index in [-0.39, 0.29) is 0 Å². The molecule has 94 valence electrons. The molecule has 1 saturated carbocycles. The van der Waals surface area contributed by atoms with Gasteiger partial charge in [-0.2, -0.15) is 4.37 Å². The van der Waals surface area contributed by atoms with Crippen LogP contribution in [0.3, 0.4) is 0 Å². The van der Waals surface area contributed by atoms with Gasteiger partial charge in [-0.15, -0.1) is 0 Å². The van der Waals surface area contributed by atoms with Gasteiger partial charge in [0.15, 0.2) is 0 Å². The van der Waals surface area contributed by atoms with Gasteiger partial charge in [-0.1, -0.05) is 24.3 Å². The highest BCUT2D eigenvalue weighted by atomic mass is 32.1. The average molecular weight is 260 g/mol. The van der Waals surface area contributed by atoms with E-state index in [4.69, 9.17) is 5.73 Å². The lowest BCUT2D eigenvalue weighted by Crippen LogP contribution is -2.01. The van der Waals surface area contributed by atoms with Crippen LogP contribution >= 0.6 is 11.5 Å². The number of hydrogen-bond acceptors (Lipinski definition) is 5. The maximum absolute atomic E-state index is 5.63. The van der Waals surface area contributed by atoms with E-state index in [0.29, 0.717) is 12.5 Å². The van der Waals surface area contributed by atoms with Crippen LogP contribution in [0.15, 0.2) is 24.3 Å². The molecule has 3 N–H and O–H groups in total. The van der Waals surface area contributed by atoms with Crippen molar-refractivity contribution in [1.29, 1.82) is 0 Å². The highest BCUT2D eigenvalue weighted by Gasteiger charge is 2.27. The van der Waals surface area contributed by atoms with Crippen LogP contribution in [0.2, 0.25) is 0 Å². The van der Waals surface area contributed by atoms with Crippen molar-refractivity contribution in [2.75, 3.05) is 5.32 Å². The van der Waals surface area contributed by atoms with Gasteiger partial charge in [0.2, 0.25) is 5.13 Å². The summed E-state index contributed by atoms with van der Waals surface area (Å²) in [4.78, 5) is 4.50. The van der Waals surface area contributed by atoms with Crippen molar-refractivity contribution in [2.45, 2.75) is 31.8 Å². The maximum Gasteiger partial charge on any atom is 0.202 e. The first kappa shape index (κ1) is 11.6. The molecule has 0 aliphatic heterocycles. The molecule has 18 heavy (non-hydrogen) atoms. The Morgan fingerprint density at radius 2 is 2.17 bits per heavy atom. The highest BCUT2D eigenvalue weighted by molar-refractivity contribution is 7.09. The summed E-state index contributed by atoms with van der Waals surface area (Å²) in [7, 11) is 0. The Labute approximate surface area is 110 Å². The van der Waals surface area contributed by atoms with Crippen LogP contribution in [0.4, 0.5) is 5.13 Å². The lowest BCUT2D eigenvalue weighted by Gasteiger charge is -2.04. The first-order valence-electron chi connectivity index (χ1n) is 6.20. The predicted molar refractivity (Wildman–Crippen MR) is 73.5 cm³/mol. The Morgan fingerprint density at radius 1 is 1.33 bits per heavy atom. The lowest BCUT2D eigenvalue weighted by atomic mass is 10.1. The molecule has 0 spiro atoms. The zero-order valence-corrected chi connectivity index (χ0v) is 10.9. The second-order valence-corrected chi connectivity index (χ2v) is 5.36. The standard InChI is InChI=1S/C13H16N4S/c14-7-9-2-1-3-10(6-9)8-15-13-16-12(17-18-13)11-4-5-11/h1-3,6,11H,4-5,7-8,14H2,(H,15,16,17). The Morgan fingerprint density at radius 3 is 2.94 bits per heavy atom. The maximum atomic E-state index is 5.63. The second-order valence-electron chi connectivity index (χ2n) is 4.61. The van der Waals surface area contributed by atoms with Crippen molar-refractivity contribution in [3.63, 3.8) is 0 Å². The summed E-state index contributed by atoms with van der Waals surface area (Å²) in [5.74, 6) is 1.63. The van der Waals surface area contributed by atoms with Gasteiger partial charge in [0.05, 0.1) is 0 Å². The van der Waals surface area contributed by atoms with Crippen LogP contribution in [0.25, 0.3) is 0 Å². The predicted octanol–water partition coefficient (Wildman–Crippen LogP) is 2.49. The van der Waals surface area contributed by atoms with E-state index >= 15 is 0 Å². The van der Waals surface area contributed by atoms with Crippen molar-refractivity contribution in [2.24, 2.45) is 5.73 Å². The largest absolute Gasteiger partial charge is 0.356 e. The molecule has 0 bridgehead atoms. The number of benzene rings is 1. The molecule has 1 heterocycles. The molecule has 2 aromatic rings. The van der Waals surface area contributed by atoms with E-state index in [1.165, 1.54) is 29.9 Å². The minimum Gasteiger partial charge on any atom is -0.356 e. The SMILES string of the molecule is NCc1cccc(CNc2nc(C3CC3)ns2)c1. The van der Waals surface area contributed by atoms with Gasteiger partial charge in [0.25, 0.3) is 0 Å². The average Bonchev–Trinajstić information content (AvgIpc) is 3.16. The Kier molecular flexibility index (Phi) is 3.25. The minimum atomic E-state index is 0.582. The first-order valence-corrected chi connectivity index (χ1v) is 6.98. The Balaban J connectivity index is 1.61. The molecular weight excluding hydrogens is 244 g/mol. The summed E-state index contributed by atoms with van der Waals surface area (Å²) in [5.41, 5.74) is 8.01. The lowest BCUT2D eigenvalue weighted by molar-refractivity contribution is 0.979. The number of hydrogen-bond donors (Lipinski definition) is 2. The van der Waals surface area contributed by atoms with E-state index < -0.39 is 0 Å². The van der Waals surface area contributed by atoms with Crippen molar-refractivity contribution < 1.29 is 0 Å². The van der Waals surface area contributed by atoms with Gasteiger partial charge in [0.1, 0.15) is 5.82 Å². The summed E-state index contributed by atoms with van der Waals surface area (Å²) in [6, 6.07) is 8.29. The van der Waals surface area contributed by atoms with E-state index in [9.17, 15) is 0 Å². The van der Waals surface area contributed by atoms with Crippen LogP contribution in [0, 0.1) is 0 Å². The molecule has 3 rings (SSSR count). The van der Waals surface area contributed by atoms with Crippen molar-refractivity contribution in [3.8, 4) is 0 Å². The monoisotopic (exact) mass is 260 g/mol. The quantitative estimate of drug-likeness (QED) is 0.867. The molecule has 4 nitrogen and oxygen atoms in total. The number of aromatic nitrogens is 2.